The fourth-order valence-electron chi connectivity index (χ4n) is 0.697. The Bertz CT molecular complexity index is 184. The summed E-state index contributed by atoms with van der Waals surface area (Å²) in [6.07, 6.45) is -5.26. The number of rotatable bonds is 6. The molecule has 0 heterocycles. The number of nitrogens with one attached hydrogen (secondary N) is 1. The number of hydrogen-bond acceptors (Lipinski definition) is 3. The van der Waals surface area contributed by atoms with Gasteiger partial charge in [0.2, 0.25) is 5.91 Å². The summed E-state index contributed by atoms with van der Waals surface area (Å²) < 4.78 is 39.5. The first kappa shape index (κ1) is 13.2. The second-order valence-electron chi connectivity index (χ2n) is 2.68. The van der Waals surface area contributed by atoms with Crippen LogP contribution in [0.15, 0.2) is 0 Å². The molecule has 4 nitrogen and oxygen atoms in total. The number of carbonyl (C=O) groups excluding carboxylic acids is 1. The largest absolute Gasteiger partial charge is 0.391 e. The standard InChI is InChI=1S/C7H13F3N2O2/c1-12-5(6(11)13)4-14-3-2-7(8,9)10/h5,12H,2-4H2,1H3,(H2,11,13). The number of carbonyl (C=O) groups is 1. The molecule has 1 atom stereocenters. The molecule has 0 aromatic carbocycles. The van der Waals surface area contributed by atoms with Crippen LogP contribution in [0.2, 0.25) is 0 Å². The molecule has 0 aliphatic rings. The SMILES string of the molecule is CNC(COCCC(F)(F)F)C(N)=O. The van der Waals surface area contributed by atoms with Gasteiger partial charge in [-0.3, -0.25) is 4.79 Å². The van der Waals surface area contributed by atoms with Gasteiger partial charge in [-0.25, -0.2) is 0 Å². The van der Waals surface area contributed by atoms with Crippen molar-refractivity contribution in [2.24, 2.45) is 5.73 Å². The number of halogens is 3. The van der Waals surface area contributed by atoms with Crippen molar-refractivity contribution in [2.45, 2.75) is 18.6 Å². The molecule has 0 aromatic rings. The molecule has 0 spiro atoms. The molecule has 3 N–H and O–H groups in total. The lowest BCUT2D eigenvalue weighted by atomic mass is 10.3. The van der Waals surface area contributed by atoms with Crippen LogP contribution in [0.4, 0.5) is 13.2 Å². The quantitative estimate of drug-likeness (QED) is 0.613. The average Bonchev–Trinajstić information content (AvgIpc) is 2.01. The van der Waals surface area contributed by atoms with Crippen molar-refractivity contribution in [1.29, 1.82) is 0 Å². The molecule has 0 aliphatic carbocycles. The number of alkyl halides is 3. The summed E-state index contributed by atoms with van der Waals surface area (Å²) in [5.41, 5.74) is 4.91. The van der Waals surface area contributed by atoms with E-state index in [4.69, 9.17) is 5.73 Å². The lowest BCUT2D eigenvalue weighted by Gasteiger charge is -2.13. The summed E-state index contributed by atoms with van der Waals surface area (Å²) in [7, 11) is 1.47. The number of hydrogen-bond donors (Lipinski definition) is 2. The molecule has 0 fully saturated rings. The van der Waals surface area contributed by atoms with E-state index in [-0.39, 0.29) is 6.61 Å². The molecule has 0 radical (unpaired) electrons. The third kappa shape index (κ3) is 6.67. The monoisotopic (exact) mass is 214 g/mol. The number of amides is 1. The van der Waals surface area contributed by atoms with Crippen molar-refractivity contribution < 1.29 is 22.7 Å². The van der Waals surface area contributed by atoms with E-state index in [1.807, 2.05) is 0 Å². The maximum Gasteiger partial charge on any atom is 0.391 e. The van der Waals surface area contributed by atoms with Crippen LogP contribution in [0.1, 0.15) is 6.42 Å². The topological polar surface area (TPSA) is 64.3 Å². The Kier molecular flexibility index (Phi) is 5.47. The van der Waals surface area contributed by atoms with Crippen molar-refractivity contribution in [3.8, 4) is 0 Å². The van der Waals surface area contributed by atoms with Crippen molar-refractivity contribution in [3.05, 3.63) is 0 Å². The molecule has 0 aromatic heterocycles. The maximum atomic E-state index is 11.6. The molecule has 0 rings (SSSR count). The Hall–Kier alpha value is -0.820. The first-order valence-corrected chi connectivity index (χ1v) is 3.98. The highest BCUT2D eigenvalue weighted by Crippen LogP contribution is 2.18. The Morgan fingerprint density at radius 3 is 2.50 bits per heavy atom. The highest BCUT2D eigenvalue weighted by molar-refractivity contribution is 5.79. The van der Waals surface area contributed by atoms with Crippen LogP contribution >= 0.6 is 0 Å². The third-order valence-electron chi connectivity index (χ3n) is 1.51. The highest BCUT2D eigenvalue weighted by Gasteiger charge is 2.26. The van der Waals surface area contributed by atoms with Crippen molar-refractivity contribution in [3.63, 3.8) is 0 Å². The Balaban J connectivity index is 3.58. The van der Waals surface area contributed by atoms with Crippen molar-refractivity contribution in [1.82, 2.24) is 5.32 Å². The van der Waals surface area contributed by atoms with Gasteiger partial charge in [-0.05, 0) is 7.05 Å². The minimum atomic E-state index is -4.23. The Morgan fingerprint density at radius 1 is 1.57 bits per heavy atom. The van der Waals surface area contributed by atoms with Crippen LogP contribution in [-0.4, -0.2) is 38.4 Å². The summed E-state index contributed by atoms with van der Waals surface area (Å²) in [5.74, 6) is -0.653. The van der Waals surface area contributed by atoms with E-state index in [0.717, 1.165) is 0 Å². The van der Waals surface area contributed by atoms with E-state index < -0.39 is 31.2 Å². The fraction of sp³-hybridized carbons (Fsp3) is 0.857. The molecule has 1 unspecified atom stereocenters. The first-order chi connectivity index (χ1) is 6.37. The highest BCUT2D eigenvalue weighted by atomic mass is 19.4. The van der Waals surface area contributed by atoms with Crippen molar-refractivity contribution in [2.75, 3.05) is 20.3 Å². The Morgan fingerprint density at radius 2 is 2.14 bits per heavy atom. The van der Waals surface area contributed by atoms with Gasteiger partial charge in [0.15, 0.2) is 0 Å². The van der Waals surface area contributed by atoms with Gasteiger partial charge in [0.05, 0.1) is 19.6 Å². The van der Waals surface area contributed by atoms with Gasteiger partial charge in [-0.2, -0.15) is 13.2 Å². The van der Waals surface area contributed by atoms with Gasteiger partial charge in [0.1, 0.15) is 6.04 Å². The summed E-state index contributed by atoms with van der Waals surface area (Å²) >= 11 is 0. The molecule has 1 amide bonds. The van der Waals surface area contributed by atoms with E-state index in [1.54, 1.807) is 0 Å². The molecule has 7 heteroatoms. The minimum Gasteiger partial charge on any atom is -0.379 e. The lowest BCUT2D eigenvalue weighted by molar-refractivity contribution is -0.146. The second kappa shape index (κ2) is 5.82. The zero-order valence-corrected chi connectivity index (χ0v) is 7.73. The van der Waals surface area contributed by atoms with Gasteiger partial charge >= 0.3 is 6.18 Å². The fourth-order valence-corrected chi connectivity index (χ4v) is 0.697. The summed E-state index contributed by atoms with van der Waals surface area (Å²) in [6.45, 7) is -0.614. The van der Waals surface area contributed by atoms with E-state index >= 15 is 0 Å². The zero-order chi connectivity index (χ0) is 11.2. The van der Waals surface area contributed by atoms with E-state index in [1.165, 1.54) is 7.05 Å². The van der Waals surface area contributed by atoms with Gasteiger partial charge in [-0.15, -0.1) is 0 Å². The summed E-state index contributed by atoms with van der Waals surface area (Å²) in [5, 5.41) is 2.52. The molecule has 14 heavy (non-hydrogen) atoms. The molecule has 0 saturated heterocycles. The average molecular weight is 214 g/mol. The van der Waals surface area contributed by atoms with E-state index in [9.17, 15) is 18.0 Å². The molecular weight excluding hydrogens is 201 g/mol. The van der Waals surface area contributed by atoms with Gasteiger partial charge in [0, 0.05) is 0 Å². The minimum absolute atomic E-state index is 0.151. The maximum absolute atomic E-state index is 11.6. The number of likely N-dealkylation sites (N-methyl/N-ethyl adjacent to an activating group) is 1. The second-order valence-corrected chi connectivity index (χ2v) is 2.68. The molecule has 0 saturated carbocycles. The first-order valence-electron chi connectivity index (χ1n) is 3.98. The molecule has 0 bridgehead atoms. The number of primary amides is 1. The molecule has 0 aliphatic heterocycles. The summed E-state index contributed by atoms with van der Waals surface area (Å²) in [4.78, 5) is 10.6. The smallest absolute Gasteiger partial charge is 0.379 e. The predicted octanol–water partition coefficient (Wildman–Crippen LogP) is 0.0287. The zero-order valence-electron chi connectivity index (χ0n) is 7.73. The van der Waals surface area contributed by atoms with Crippen LogP contribution in [0.3, 0.4) is 0 Å². The van der Waals surface area contributed by atoms with Crippen LogP contribution in [0, 0.1) is 0 Å². The van der Waals surface area contributed by atoms with Crippen molar-refractivity contribution >= 4 is 5.91 Å². The normalized spacial score (nSPS) is 14.0. The molecule has 84 valence electrons. The summed E-state index contributed by atoms with van der Waals surface area (Å²) in [6, 6.07) is -0.747. The van der Waals surface area contributed by atoms with Crippen LogP contribution in [-0.2, 0) is 9.53 Å². The van der Waals surface area contributed by atoms with E-state index in [0.29, 0.717) is 0 Å². The number of nitrogens with two attached hydrogens (primary N) is 1. The Labute approximate surface area is 79.6 Å². The van der Waals surface area contributed by atoms with Crippen LogP contribution < -0.4 is 11.1 Å². The van der Waals surface area contributed by atoms with Crippen LogP contribution in [0.5, 0.6) is 0 Å². The van der Waals surface area contributed by atoms with Crippen LogP contribution in [0.25, 0.3) is 0 Å². The third-order valence-corrected chi connectivity index (χ3v) is 1.51. The predicted molar refractivity (Wildman–Crippen MR) is 43.5 cm³/mol. The van der Waals surface area contributed by atoms with E-state index in [2.05, 4.69) is 10.1 Å². The van der Waals surface area contributed by atoms with Gasteiger partial charge in [-0.1, -0.05) is 0 Å². The lowest BCUT2D eigenvalue weighted by Crippen LogP contribution is -2.42. The van der Waals surface area contributed by atoms with Gasteiger partial charge < -0.3 is 15.8 Å². The molecular formula is C7H13F3N2O2. The number of ether oxygens (including phenoxy) is 1. The van der Waals surface area contributed by atoms with Gasteiger partial charge in [0.25, 0.3) is 0 Å².